The van der Waals surface area contributed by atoms with E-state index in [1.54, 1.807) is 14.2 Å². The van der Waals surface area contributed by atoms with Gasteiger partial charge in [0.05, 0.1) is 19.7 Å². The van der Waals surface area contributed by atoms with Gasteiger partial charge in [0, 0.05) is 48.8 Å². The quantitative estimate of drug-likeness (QED) is 0.767. The van der Waals surface area contributed by atoms with Gasteiger partial charge in [0.25, 0.3) is 0 Å². The summed E-state index contributed by atoms with van der Waals surface area (Å²) in [5.74, 6) is 1.93. The van der Waals surface area contributed by atoms with Gasteiger partial charge in [-0.3, -0.25) is 4.98 Å². The Bertz CT molecular complexity index is 776. The molecule has 0 N–H and O–H groups in total. The van der Waals surface area contributed by atoms with Gasteiger partial charge in [-0.05, 0) is 25.0 Å². The van der Waals surface area contributed by atoms with E-state index in [4.69, 9.17) is 16.0 Å². The Labute approximate surface area is 149 Å². The second-order valence-electron chi connectivity index (χ2n) is 6.48. The number of ether oxygens (including phenoxy) is 2. The summed E-state index contributed by atoms with van der Waals surface area (Å²) in [4.78, 5) is 10.7. The molecule has 1 aliphatic rings. The molecule has 0 saturated carbocycles. The molecule has 0 radical (unpaired) electrons. The highest BCUT2D eigenvalue weighted by Crippen LogP contribution is 2.37. The molecule has 3 rings (SSSR count). The molecule has 5 nitrogen and oxygen atoms in total. The Kier molecular flexibility index (Phi) is 5.28. The standard InChI is InChI=1S/C20H25N3O2/c1-5-16(21-2)14-7-10-23(11-8-14)18-6-9-22-17-13-20(25-4)19(24-3)12-15(17)18/h6,9,12-14,16H,5,7-8,10-11H2,1,3-4H3. The molecule has 0 bridgehead atoms. The van der Waals surface area contributed by atoms with Crippen molar-refractivity contribution >= 4 is 16.6 Å². The molecule has 0 amide bonds. The molecule has 2 aromatic rings. The SMILES string of the molecule is [C-]#[N+]C(CC)C1CCN(c2ccnc3cc(OC)c(OC)cc23)CC1. The number of pyridine rings is 1. The molecule has 5 heteroatoms. The Morgan fingerprint density at radius 1 is 1.24 bits per heavy atom. The van der Waals surface area contributed by atoms with Crippen LogP contribution in [0.5, 0.6) is 11.5 Å². The molecule has 1 saturated heterocycles. The minimum atomic E-state index is 0.167. The first-order chi connectivity index (χ1) is 12.2. The summed E-state index contributed by atoms with van der Waals surface area (Å²) in [5, 5.41) is 1.08. The topological polar surface area (TPSA) is 39.0 Å². The van der Waals surface area contributed by atoms with E-state index in [2.05, 4.69) is 27.7 Å². The summed E-state index contributed by atoms with van der Waals surface area (Å²) < 4.78 is 10.8. The lowest BCUT2D eigenvalue weighted by molar-refractivity contribution is 0.355. The van der Waals surface area contributed by atoms with Gasteiger partial charge in [-0.2, -0.15) is 0 Å². The summed E-state index contributed by atoms with van der Waals surface area (Å²) in [6.07, 6.45) is 4.93. The minimum Gasteiger partial charge on any atom is -0.493 e. The Balaban J connectivity index is 1.88. The highest BCUT2D eigenvalue weighted by molar-refractivity contribution is 5.94. The lowest BCUT2D eigenvalue weighted by Crippen LogP contribution is -2.37. The number of methoxy groups -OCH3 is 2. The summed E-state index contributed by atoms with van der Waals surface area (Å²) in [5.41, 5.74) is 2.09. The van der Waals surface area contributed by atoms with Crippen molar-refractivity contribution < 1.29 is 9.47 Å². The van der Waals surface area contributed by atoms with Gasteiger partial charge in [-0.25, -0.2) is 6.57 Å². The number of rotatable bonds is 5. The van der Waals surface area contributed by atoms with Crippen molar-refractivity contribution in [2.24, 2.45) is 5.92 Å². The second-order valence-corrected chi connectivity index (χ2v) is 6.48. The molecular formula is C20H25N3O2. The van der Waals surface area contributed by atoms with Crippen LogP contribution in [-0.2, 0) is 0 Å². The number of hydrogen-bond acceptors (Lipinski definition) is 4. The number of aromatic nitrogens is 1. The van der Waals surface area contributed by atoms with Crippen molar-refractivity contribution in [1.29, 1.82) is 0 Å². The summed E-state index contributed by atoms with van der Waals surface area (Å²) in [6.45, 7) is 11.4. The van der Waals surface area contributed by atoms with Crippen LogP contribution in [0.1, 0.15) is 26.2 Å². The van der Waals surface area contributed by atoms with Crippen LogP contribution in [0.15, 0.2) is 24.4 Å². The second kappa shape index (κ2) is 7.60. The third-order valence-electron chi connectivity index (χ3n) is 5.23. The summed E-state index contributed by atoms with van der Waals surface area (Å²) >= 11 is 0. The highest BCUT2D eigenvalue weighted by Gasteiger charge is 2.29. The zero-order valence-corrected chi connectivity index (χ0v) is 15.2. The molecule has 1 atom stereocenters. The molecule has 1 aromatic heterocycles. The van der Waals surface area contributed by atoms with Crippen LogP contribution >= 0.6 is 0 Å². The summed E-state index contributed by atoms with van der Waals surface area (Å²) in [6, 6.07) is 6.18. The van der Waals surface area contributed by atoms with Gasteiger partial charge in [0.15, 0.2) is 11.5 Å². The number of benzene rings is 1. The van der Waals surface area contributed by atoms with E-state index in [1.807, 2.05) is 18.3 Å². The van der Waals surface area contributed by atoms with Crippen molar-refractivity contribution in [3.8, 4) is 11.5 Å². The van der Waals surface area contributed by atoms with Gasteiger partial charge in [0.1, 0.15) is 0 Å². The molecule has 132 valence electrons. The maximum Gasteiger partial charge on any atom is 0.226 e. The van der Waals surface area contributed by atoms with Crippen molar-refractivity contribution in [1.82, 2.24) is 4.98 Å². The number of fused-ring (bicyclic) bond motifs is 1. The number of nitrogens with zero attached hydrogens (tertiary/aromatic N) is 3. The maximum absolute atomic E-state index is 7.38. The first-order valence-electron chi connectivity index (χ1n) is 8.84. The minimum absolute atomic E-state index is 0.167. The lowest BCUT2D eigenvalue weighted by Gasteiger charge is -2.34. The predicted molar refractivity (Wildman–Crippen MR) is 100 cm³/mol. The van der Waals surface area contributed by atoms with Crippen molar-refractivity contribution in [3.63, 3.8) is 0 Å². The van der Waals surface area contributed by atoms with Crippen LogP contribution in [0.3, 0.4) is 0 Å². The summed E-state index contributed by atoms with van der Waals surface area (Å²) in [7, 11) is 3.29. The van der Waals surface area contributed by atoms with E-state index in [-0.39, 0.29) is 6.04 Å². The van der Waals surface area contributed by atoms with Crippen LogP contribution < -0.4 is 14.4 Å². The first-order valence-corrected chi connectivity index (χ1v) is 8.84. The number of hydrogen-bond donors (Lipinski definition) is 0. The van der Waals surface area contributed by atoms with Gasteiger partial charge in [-0.15, -0.1) is 0 Å². The molecular weight excluding hydrogens is 314 g/mol. The zero-order valence-electron chi connectivity index (χ0n) is 15.2. The van der Waals surface area contributed by atoms with E-state index in [1.165, 1.54) is 5.69 Å². The van der Waals surface area contributed by atoms with Gasteiger partial charge >= 0.3 is 0 Å². The first kappa shape index (κ1) is 17.3. The Morgan fingerprint density at radius 3 is 2.52 bits per heavy atom. The van der Waals surface area contributed by atoms with Crippen LogP contribution in [0.2, 0.25) is 0 Å². The molecule has 0 spiro atoms. The maximum atomic E-state index is 7.38. The van der Waals surface area contributed by atoms with Crippen molar-refractivity contribution in [2.75, 3.05) is 32.2 Å². The molecule has 0 aliphatic carbocycles. The Hall–Kier alpha value is -2.48. The van der Waals surface area contributed by atoms with Crippen molar-refractivity contribution in [2.45, 2.75) is 32.2 Å². The lowest BCUT2D eigenvalue weighted by atomic mass is 9.88. The van der Waals surface area contributed by atoms with Crippen molar-refractivity contribution in [3.05, 3.63) is 35.8 Å². The van der Waals surface area contributed by atoms with E-state index >= 15 is 0 Å². The number of piperidine rings is 1. The monoisotopic (exact) mass is 339 g/mol. The fourth-order valence-electron chi connectivity index (χ4n) is 3.79. The van der Waals surface area contributed by atoms with Gasteiger partial charge in [0.2, 0.25) is 6.04 Å². The fraction of sp³-hybridized carbons (Fsp3) is 0.500. The third kappa shape index (κ3) is 3.34. The smallest absolute Gasteiger partial charge is 0.226 e. The van der Waals surface area contributed by atoms with E-state index in [0.29, 0.717) is 11.7 Å². The average Bonchev–Trinajstić information content (AvgIpc) is 2.68. The van der Waals surface area contributed by atoms with E-state index in [9.17, 15) is 0 Å². The van der Waals surface area contributed by atoms with Gasteiger partial charge in [-0.1, -0.05) is 6.92 Å². The molecule has 1 aromatic carbocycles. The van der Waals surface area contributed by atoms with E-state index < -0.39 is 0 Å². The zero-order chi connectivity index (χ0) is 17.8. The van der Waals surface area contributed by atoms with Crippen LogP contribution in [0, 0.1) is 12.5 Å². The van der Waals surface area contributed by atoms with Gasteiger partial charge < -0.3 is 19.2 Å². The molecule has 1 unspecified atom stereocenters. The van der Waals surface area contributed by atoms with E-state index in [0.717, 1.165) is 49.0 Å². The van der Waals surface area contributed by atoms with Crippen LogP contribution in [0.25, 0.3) is 15.7 Å². The molecule has 2 heterocycles. The Morgan fingerprint density at radius 2 is 1.92 bits per heavy atom. The highest BCUT2D eigenvalue weighted by atomic mass is 16.5. The molecule has 25 heavy (non-hydrogen) atoms. The van der Waals surface area contributed by atoms with Crippen LogP contribution in [0.4, 0.5) is 5.69 Å². The molecule has 1 aliphatic heterocycles. The number of anilines is 1. The predicted octanol–water partition coefficient (Wildman–Crippen LogP) is 4.17. The molecule has 1 fully saturated rings. The van der Waals surface area contributed by atoms with Crippen LogP contribution in [-0.4, -0.2) is 38.3 Å². The normalized spacial score (nSPS) is 16.5. The fourth-order valence-corrected chi connectivity index (χ4v) is 3.79. The average molecular weight is 339 g/mol. The largest absolute Gasteiger partial charge is 0.493 e. The third-order valence-corrected chi connectivity index (χ3v) is 5.23.